The molecule has 0 unspecified atom stereocenters. The van der Waals surface area contributed by atoms with Crippen LogP contribution in [-0.4, -0.2) is 10.8 Å². The summed E-state index contributed by atoms with van der Waals surface area (Å²) in [5.41, 5.74) is 1.71. The average Bonchev–Trinajstić information content (AvgIpc) is 2.97. The first-order chi connectivity index (χ1) is 12.7. The third-order valence-electron chi connectivity index (χ3n) is 3.98. The molecule has 26 heavy (non-hydrogen) atoms. The smallest absolute Gasteiger partial charge is 0.231 e. The summed E-state index contributed by atoms with van der Waals surface area (Å²) < 4.78 is 25.0. The molecule has 5 heteroatoms. The summed E-state index contributed by atoms with van der Waals surface area (Å²) >= 11 is 0. The van der Waals surface area contributed by atoms with Crippen molar-refractivity contribution in [2.45, 2.75) is 6.61 Å². The molecule has 4 nitrogen and oxygen atoms in total. The first kappa shape index (κ1) is 16.0. The van der Waals surface area contributed by atoms with Gasteiger partial charge in [0.2, 0.25) is 5.78 Å². The molecule has 1 aromatic heterocycles. The van der Waals surface area contributed by atoms with Gasteiger partial charge in [-0.15, -0.1) is 0 Å². The van der Waals surface area contributed by atoms with E-state index in [0.29, 0.717) is 22.6 Å². The number of hydrogen-bond acceptors (Lipinski definition) is 4. The van der Waals surface area contributed by atoms with Crippen LogP contribution in [0.3, 0.4) is 0 Å². The van der Waals surface area contributed by atoms with Crippen LogP contribution in [0.4, 0.5) is 4.39 Å². The number of ketones is 1. The molecule has 4 rings (SSSR count). The molecule has 0 N–H and O–H groups in total. The van der Waals surface area contributed by atoms with Gasteiger partial charge in [0, 0.05) is 24.0 Å². The van der Waals surface area contributed by atoms with Crippen LogP contribution in [0.25, 0.3) is 6.08 Å². The second-order valence-electron chi connectivity index (χ2n) is 5.76. The van der Waals surface area contributed by atoms with Crippen molar-refractivity contribution >= 4 is 11.9 Å². The number of fused-ring (bicyclic) bond motifs is 1. The first-order valence-electron chi connectivity index (χ1n) is 8.05. The number of nitrogens with zero attached hydrogens (tertiary/aromatic N) is 1. The number of pyridine rings is 1. The van der Waals surface area contributed by atoms with E-state index in [1.165, 1.54) is 6.07 Å². The minimum atomic E-state index is -0.318. The standard InChI is InChI=1S/C21H14FNO3/c22-18-6-2-1-5-15(18)13-25-16-7-8-17-19(11-16)26-20(21(17)24)10-14-4-3-9-23-12-14/h1-12H,13H2/b20-10-. The van der Waals surface area contributed by atoms with Crippen molar-refractivity contribution < 1.29 is 18.7 Å². The van der Waals surface area contributed by atoms with Gasteiger partial charge in [-0.3, -0.25) is 9.78 Å². The highest BCUT2D eigenvalue weighted by atomic mass is 19.1. The number of allylic oxidation sites excluding steroid dienone is 1. The van der Waals surface area contributed by atoms with Crippen molar-refractivity contribution in [1.29, 1.82) is 0 Å². The molecular formula is C21H14FNO3. The van der Waals surface area contributed by atoms with Crippen LogP contribution < -0.4 is 9.47 Å². The fourth-order valence-corrected chi connectivity index (χ4v) is 2.65. The van der Waals surface area contributed by atoms with Crippen LogP contribution in [0, 0.1) is 5.82 Å². The zero-order valence-electron chi connectivity index (χ0n) is 13.7. The molecule has 0 amide bonds. The van der Waals surface area contributed by atoms with Gasteiger partial charge in [0.25, 0.3) is 0 Å². The maximum atomic E-state index is 13.7. The average molecular weight is 347 g/mol. The van der Waals surface area contributed by atoms with Crippen molar-refractivity contribution in [3.8, 4) is 11.5 Å². The molecule has 0 aliphatic carbocycles. The van der Waals surface area contributed by atoms with Gasteiger partial charge in [0.15, 0.2) is 5.76 Å². The molecule has 0 bridgehead atoms. The zero-order chi connectivity index (χ0) is 17.9. The van der Waals surface area contributed by atoms with Crippen molar-refractivity contribution in [1.82, 2.24) is 4.98 Å². The summed E-state index contributed by atoms with van der Waals surface area (Å²) in [6, 6.07) is 15.0. The minimum absolute atomic E-state index is 0.0950. The van der Waals surface area contributed by atoms with Crippen LogP contribution in [0.2, 0.25) is 0 Å². The summed E-state index contributed by atoms with van der Waals surface area (Å²) in [6.07, 6.45) is 4.96. The van der Waals surface area contributed by atoms with Crippen LogP contribution in [0.5, 0.6) is 11.5 Å². The lowest BCUT2D eigenvalue weighted by Crippen LogP contribution is -1.98. The van der Waals surface area contributed by atoms with Crippen molar-refractivity contribution in [2.75, 3.05) is 0 Å². The molecular weight excluding hydrogens is 333 g/mol. The Morgan fingerprint density at radius 2 is 2.00 bits per heavy atom. The van der Waals surface area contributed by atoms with E-state index in [-0.39, 0.29) is 24.0 Å². The molecule has 3 aromatic rings. The fourth-order valence-electron chi connectivity index (χ4n) is 2.65. The van der Waals surface area contributed by atoms with E-state index in [1.54, 1.807) is 60.9 Å². The lowest BCUT2D eigenvalue weighted by molar-refractivity contribution is 0.101. The number of ether oxygens (including phenoxy) is 2. The Hall–Kier alpha value is -3.47. The van der Waals surface area contributed by atoms with E-state index in [1.807, 2.05) is 6.07 Å². The Bertz CT molecular complexity index is 999. The van der Waals surface area contributed by atoms with Gasteiger partial charge in [0.1, 0.15) is 23.9 Å². The number of rotatable bonds is 4. The lowest BCUT2D eigenvalue weighted by atomic mass is 10.1. The first-order valence-corrected chi connectivity index (χ1v) is 8.05. The quantitative estimate of drug-likeness (QED) is 0.656. The van der Waals surface area contributed by atoms with Crippen LogP contribution in [0.15, 0.2) is 72.8 Å². The molecule has 2 heterocycles. The maximum absolute atomic E-state index is 13.7. The maximum Gasteiger partial charge on any atom is 0.231 e. The molecule has 1 aliphatic heterocycles. The van der Waals surface area contributed by atoms with Crippen molar-refractivity contribution in [3.63, 3.8) is 0 Å². The van der Waals surface area contributed by atoms with Gasteiger partial charge in [0.05, 0.1) is 5.56 Å². The predicted molar refractivity (Wildman–Crippen MR) is 94.3 cm³/mol. The number of carbonyl (C=O) groups is 1. The Kier molecular flexibility index (Phi) is 4.19. The number of carbonyl (C=O) groups excluding carboxylic acids is 1. The van der Waals surface area contributed by atoms with Crippen LogP contribution >= 0.6 is 0 Å². The highest BCUT2D eigenvalue weighted by Gasteiger charge is 2.27. The second kappa shape index (κ2) is 6.80. The van der Waals surface area contributed by atoms with Gasteiger partial charge in [-0.1, -0.05) is 24.3 Å². The van der Waals surface area contributed by atoms with E-state index < -0.39 is 0 Å². The summed E-state index contributed by atoms with van der Waals surface area (Å²) in [4.78, 5) is 16.4. The summed E-state index contributed by atoms with van der Waals surface area (Å²) in [5, 5.41) is 0. The van der Waals surface area contributed by atoms with Gasteiger partial charge < -0.3 is 9.47 Å². The molecule has 2 aromatic carbocycles. The van der Waals surface area contributed by atoms with Crippen molar-refractivity contribution in [2.24, 2.45) is 0 Å². The summed E-state index contributed by atoms with van der Waals surface area (Å²) in [5.74, 6) is 0.657. The zero-order valence-corrected chi connectivity index (χ0v) is 13.7. The number of hydrogen-bond donors (Lipinski definition) is 0. The Labute approximate surface area is 149 Å². The molecule has 0 radical (unpaired) electrons. The Morgan fingerprint density at radius 3 is 2.81 bits per heavy atom. The number of halogens is 1. The molecule has 0 spiro atoms. The molecule has 0 fully saturated rings. The van der Waals surface area contributed by atoms with E-state index in [4.69, 9.17) is 9.47 Å². The molecule has 0 saturated heterocycles. The van der Waals surface area contributed by atoms with Crippen LogP contribution in [0.1, 0.15) is 21.5 Å². The molecule has 1 aliphatic rings. The number of aromatic nitrogens is 1. The summed E-state index contributed by atoms with van der Waals surface area (Å²) in [7, 11) is 0. The topological polar surface area (TPSA) is 48.4 Å². The minimum Gasteiger partial charge on any atom is -0.489 e. The monoisotopic (exact) mass is 347 g/mol. The second-order valence-corrected chi connectivity index (χ2v) is 5.76. The lowest BCUT2D eigenvalue weighted by Gasteiger charge is -2.08. The van der Waals surface area contributed by atoms with Crippen LogP contribution in [-0.2, 0) is 6.61 Å². The van der Waals surface area contributed by atoms with Gasteiger partial charge in [-0.05, 0) is 35.9 Å². The van der Waals surface area contributed by atoms with Crippen molar-refractivity contribution in [3.05, 3.63) is 95.3 Å². The van der Waals surface area contributed by atoms with Gasteiger partial charge in [-0.2, -0.15) is 0 Å². The highest BCUT2D eigenvalue weighted by Crippen LogP contribution is 2.35. The predicted octanol–water partition coefficient (Wildman–Crippen LogP) is 4.42. The third kappa shape index (κ3) is 3.19. The normalized spacial score (nSPS) is 14.2. The Morgan fingerprint density at radius 1 is 1.12 bits per heavy atom. The van der Waals surface area contributed by atoms with Gasteiger partial charge >= 0.3 is 0 Å². The van der Waals surface area contributed by atoms with E-state index in [2.05, 4.69) is 4.98 Å². The van der Waals surface area contributed by atoms with E-state index in [9.17, 15) is 9.18 Å². The number of benzene rings is 2. The molecule has 0 saturated carbocycles. The number of Topliss-reactive ketones (excluding diaryl/α,β-unsaturated/α-hetero) is 1. The van der Waals surface area contributed by atoms with E-state index in [0.717, 1.165) is 5.56 Å². The molecule has 128 valence electrons. The SMILES string of the molecule is O=C1/C(=C/c2cccnc2)Oc2cc(OCc3ccccc3F)ccc21. The molecule has 0 atom stereocenters. The van der Waals surface area contributed by atoms with Gasteiger partial charge in [-0.25, -0.2) is 4.39 Å². The fraction of sp³-hybridized carbons (Fsp3) is 0.0476. The third-order valence-corrected chi connectivity index (χ3v) is 3.98. The highest BCUT2D eigenvalue weighted by molar-refractivity contribution is 6.14. The largest absolute Gasteiger partial charge is 0.489 e. The Balaban J connectivity index is 1.53. The summed E-state index contributed by atoms with van der Waals surface area (Å²) in [6.45, 7) is 0.0950. The van der Waals surface area contributed by atoms with E-state index >= 15 is 0 Å².